The van der Waals surface area contributed by atoms with Crippen LogP contribution < -0.4 is 42.4 Å². The third-order valence-electron chi connectivity index (χ3n) is 14.0. The van der Waals surface area contributed by atoms with Crippen LogP contribution in [0, 0.1) is 0 Å². The van der Waals surface area contributed by atoms with E-state index in [1.807, 2.05) is 0 Å². The number of anilines is 3. The van der Waals surface area contributed by atoms with E-state index in [1.54, 1.807) is 0 Å². The van der Waals surface area contributed by atoms with E-state index in [4.69, 9.17) is 33.2 Å². The summed E-state index contributed by atoms with van der Waals surface area (Å²) in [4.78, 5) is 76.7. The van der Waals surface area contributed by atoms with Crippen LogP contribution in [0.1, 0.15) is 220 Å². The first-order valence-electron chi connectivity index (χ1n) is 31.0. The van der Waals surface area contributed by atoms with Gasteiger partial charge in [-0.25, -0.2) is 0 Å². The van der Waals surface area contributed by atoms with Gasteiger partial charge in [-0.3, -0.25) is 28.8 Å². The van der Waals surface area contributed by atoms with Crippen LogP contribution in [0.5, 0.6) is 5.75 Å². The zero-order valence-corrected chi connectivity index (χ0v) is 49.5. The van der Waals surface area contributed by atoms with Crippen molar-refractivity contribution < 1.29 is 42.7 Å². The summed E-state index contributed by atoms with van der Waals surface area (Å²) in [5, 5.41) is 9.18. The molecule has 17 nitrogen and oxygen atoms in total. The van der Waals surface area contributed by atoms with Crippen LogP contribution in [0.2, 0.25) is 0 Å². The van der Waals surface area contributed by atoms with Crippen molar-refractivity contribution in [3.05, 3.63) is 40.9 Å². The van der Waals surface area contributed by atoms with E-state index in [1.165, 1.54) is 58.5 Å². The number of esters is 2. The maximum Gasteiger partial charge on any atom is 0.306 e. The van der Waals surface area contributed by atoms with Crippen LogP contribution in [0.15, 0.2) is 19.2 Å². The topological polar surface area (TPSA) is 206 Å². The molecular weight excluding hydrogens is 997 g/mol. The molecule has 0 saturated heterocycles. The van der Waals surface area contributed by atoms with Crippen LogP contribution in [0.4, 0.5) is 17.1 Å². The summed E-state index contributed by atoms with van der Waals surface area (Å²) in [6, 6.07) is 0. The third kappa shape index (κ3) is 33.0. The van der Waals surface area contributed by atoms with Crippen molar-refractivity contribution in [2.75, 3.05) is 115 Å². The maximum absolute atomic E-state index is 12.9. The molecule has 0 radical (unpaired) electrons. The summed E-state index contributed by atoms with van der Waals surface area (Å²) in [5.41, 5.74) is -1.59. The normalized spacial score (nSPS) is 11.7. The molecule has 0 unspecified atom stereocenters. The Balaban J connectivity index is 1.83. The molecule has 0 aromatic heterocycles. The number of carbonyl (C=O) groups is 2. The van der Waals surface area contributed by atoms with Gasteiger partial charge in [0.25, 0.3) is 21.7 Å². The standard InChI is InChI=1S/C61H108N4O13/c1-6-10-14-28-42-73-46-50(47-74-43-29-15-11-7-2)77-52(66)34-24-20-18-22-26-39-65(41-33-38-63-55-54(57(68)58(55)69)62-36-32-37-64-56-59(70)60(71)61(56)72-5)40-27-23-19-21-25-35-53(67)78-51(48-75-44-30-16-12-8-3)49-76-45-31-17-13-9-4/h50-51,62-64H,6-49H2,1-5H3. The smallest absolute Gasteiger partial charge is 0.306 e. The minimum absolute atomic E-state index is 0.0280. The second kappa shape index (κ2) is 47.9. The van der Waals surface area contributed by atoms with E-state index >= 15 is 0 Å². The summed E-state index contributed by atoms with van der Waals surface area (Å²) >= 11 is 0. The first-order chi connectivity index (χ1) is 38.1. The number of hydrogen-bond donors (Lipinski definition) is 3. The average molecular weight is 1110 g/mol. The van der Waals surface area contributed by atoms with Crippen molar-refractivity contribution in [1.82, 2.24) is 4.90 Å². The molecule has 0 heterocycles. The van der Waals surface area contributed by atoms with Gasteiger partial charge in [0.2, 0.25) is 0 Å². The van der Waals surface area contributed by atoms with Gasteiger partial charge in [-0.15, -0.1) is 0 Å². The van der Waals surface area contributed by atoms with Gasteiger partial charge in [0.1, 0.15) is 29.3 Å². The molecule has 78 heavy (non-hydrogen) atoms. The minimum atomic E-state index is -0.644. The molecule has 0 fully saturated rings. The van der Waals surface area contributed by atoms with Crippen LogP contribution >= 0.6 is 0 Å². The van der Waals surface area contributed by atoms with Crippen molar-refractivity contribution in [2.45, 2.75) is 233 Å². The molecule has 0 saturated carbocycles. The first-order valence-corrected chi connectivity index (χ1v) is 31.0. The average Bonchev–Trinajstić information content (AvgIpc) is 3.45. The molecule has 2 rings (SSSR count). The van der Waals surface area contributed by atoms with Gasteiger partial charge in [0, 0.05) is 58.9 Å². The molecule has 17 heteroatoms. The number of unbranched alkanes of at least 4 members (excludes halogenated alkanes) is 20. The van der Waals surface area contributed by atoms with Crippen molar-refractivity contribution in [3.63, 3.8) is 0 Å². The van der Waals surface area contributed by atoms with Gasteiger partial charge < -0.3 is 54.0 Å². The number of rotatable bonds is 58. The highest BCUT2D eigenvalue weighted by Crippen LogP contribution is 2.18. The highest BCUT2D eigenvalue weighted by molar-refractivity contribution is 5.74. The Morgan fingerprint density at radius 1 is 0.385 bits per heavy atom. The first kappa shape index (κ1) is 70.2. The van der Waals surface area contributed by atoms with Gasteiger partial charge >= 0.3 is 11.9 Å². The fourth-order valence-electron chi connectivity index (χ4n) is 9.20. The van der Waals surface area contributed by atoms with E-state index in [9.17, 15) is 28.8 Å². The highest BCUT2D eigenvalue weighted by Gasteiger charge is 2.23. The lowest BCUT2D eigenvalue weighted by atomic mass is 10.1. The molecule has 450 valence electrons. The van der Waals surface area contributed by atoms with Gasteiger partial charge in [-0.1, -0.05) is 143 Å². The Hall–Kier alpha value is -3.90. The summed E-state index contributed by atoms with van der Waals surface area (Å²) in [5.74, 6) is -0.358. The zero-order chi connectivity index (χ0) is 56.7. The zero-order valence-electron chi connectivity index (χ0n) is 49.5. The summed E-state index contributed by atoms with van der Waals surface area (Å²) in [6.07, 6.45) is 29.0. The van der Waals surface area contributed by atoms with E-state index in [-0.39, 0.29) is 41.3 Å². The fourth-order valence-corrected chi connectivity index (χ4v) is 9.20. The number of methoxy groups -OCH3 is 1. The van der Waals surface area contributed by atoms with Crippen molar-refractivity contribution >= 4 is 29.0 Å². The number of ether oxygens (including phenoxy) is 7. The molecular formula is C61H108N4O13. The number of nitrogens with zero attached hydrogens (tertiary/aromatic N) is 1. The molecule has 0 amide bonds. The van der Waals surface area contributed by atoms with Crippen molar-refractivity contribution in [3.8, 4) is 5.75 Å². The van der Waals surface area contributed by atoms with E-state index < -0.39 is 21.7 Å². The molecule has 2 aromatic carbocycles. The Morgan fingerprint density at radius 3 is 1.09 bits per heavy atom. The van der Waals surface area contributed by atoms with E-state index in [0.29, 0.717) is 97.4 Å². The van der Waals surface area contributed by atoms with Gasteiger partial charge in [-0.2, -0.15) is 0 Å². The minimum Gasteiger partial charge on any atom is -0.491 e. The van der Waals surface area contributed by atoms with Crippen molar-refractivity contribution in [2.24, 2.45) is 0 Å². The molecule has 0 bridgehead atoms. The Kier molecular flexibility index (Phi) is 43.1. The van der Waals surface area contributed by atoms with Crippen LogP contribution in [0.25, 0.3) is 0 Å². The Bertz CT molecular complexity index is 1830. The third-order valence-corrected chi connectivity index (χ3v) is 14.0. The molecule has 0 atom stereocenters. The van der Waals surface area contributed by atoms with Crippen molar-refractivity contribution in [1.29, 1.82) is 0 Å². The predicted molar refractivity (Wildman–Crippen MR) is 315 cm³/mol. The SMILES string of the molecule is CCCCCCOCC(COCCCCCC)OC(=O)CCCCCCCN(CCCCCCCC(=O)OC(COCCCCCC)COCCCCCC)CCCNc1c(NCCCNc2c(OC)c(=O)c2=O)c(=O)c1=O. The van der Waals surface area contributed by atoms with E-state index in [2.05, 4.69) is 48.5 Å². The second-order valence-electron chi connectivity index (χ2n) is 21.1. The summed E-state index contributed by atoms with van der Waals surface area (Å²) in [6.45, 7) is 16.9. The highest BCUT2D eigenvalue weighted by atomic mass is 16.6. The largest absolute Gasteiger partial charge is 0.491 e. The monoisotopic (exact) mass is 1100 g/mol. The van der Waals surface area contributed by atoms with Crippen LogP contribution in [-0.4, -0.2) is 128 Å². The molecule has 3 N–H and O–H groups in total. The summed E-state index contributed by atoms with van der Waals surface area (Å²) in [7, 11) is 1.34. The van der Waals surface area contributed by atoms with Gasteiger partial charge in [0.15, 0.2) is 5.75 Å². The number of hydrogen-bond acceptors (Lipinski definition) is 17. The Morgan fingerprint density at radius 2 is 0.705 bits per heavy atom. The molecule has 0 aliphatic heterocycles. The van der Waals surface area contributed by atoms with Crippen LogP contribution in [0.3, 0.4) is 0 Å². The van der Waals surface area contributed by atoms with Gasteiger partial charge in [0.05, 0.1) is 33.5 Å². The summed E-state index contributed by atoms with van der Waals surface area (Å²) < 4.78 is 40.2. The van der Waals surface area contributed by atoms with Crippen LogP contribution in [-0.2, 0) is 38.0 Å². The van der Waals surface area contributed by atoms with Gasteiger partial charge in [-0.05, 0) is 83.8 Å². The molecule has 0 aliphatic carbocycles. The maximum atomic E-state index is 12.9. The van der Waals surface area contributed by atoms with E-state index in [0.717, 1.165) is 142 Å². The fraction of sp³-hybridized carbons (Fsp3) is 0.836. The molecule has 2 aromatic rings. The molecule has 0 spiro atoms. The second-order valence-corrected chi connectivity index (χ2v) is 21.1. The number of carbonyl (C=O) groups excluding carboxylic acids is 2. The lowest BCUT2D eigenvalue weighted by Crippen LogP contribution is -2.38. The number of nitrogens with one attached hydrogen (secondary N) is 3. The predicted octanol–water partition coefficient (Wildman–Crippen LogP) is 10.8. The lowest BCUT2D eigenvalue weighted by Gasteiger charge is -2.23. The Labute approximate surface area is 469 Å². The quantitative estimate of drug-likeness (QED) is 0.0320. The lowest BCUT2D eigenvalue weighted by molar-refractivity contribution is -0.157. The molecule has 0 aliphatic rings.